The Hall–Kier alpha value is -1.98. The van der Waals surface area contributed by atoms with Gasteiger partial charge < -0.3 is 0 Å². The molecule has 1 aliphatic carbocycles. The van der Waals surface area contributed by atoms with Crippen LogP contribution in [0, 0.1) is 5.92 Å². The first-order valence-corrected chi connectivity index (χ1v) is 10.3. The first-order valence-electron chi connectivity index (χ1n) is 10.3. The van der Waals surface area contributed by atoms with Gasteiger partial charge in [-0.15, -0.1) is 0 Å². The molecule has 1 atom stereocenters. The van der Waals surface area contributed by atoms with E-state index in [9.17, 15) is 0 Å². The Morgan fingerprint density at radius 1 is 1.22 bits per heavy atom. The van der Waals surface area contributed by atoms with Crippen molar-refractivity contribution in [1.29, 1.82) is 0 Å². The molecule has 0 radical (unpaired) electrons. The SMILES string of the molecule is CN(Cc1cccnc1)Cc1cc2n(n1)CCCN(C[C@@H]1CC=CCC1)C2. The molecule has 0 saturated carbocycles. The van der Waals surface area contributed by atoms with E-state index in [0.29, 0.717) is 0 Å². The molecule has 4 rings (SSSR count). The first kappa shape index (κ1) is 18.4. The summed E-state index contributed by atoms with van der Waals surface area (Å²) < 4.78 is 2.24. The van der Waals surface area contributed by atoms with E-state index >= 15 is 0 Å². The number of hydrogen-bond acceptors (Lipinski definition) is 4. The summed E-state index contributed by atoms with van der Waals surface area (Å²) in [6, 6.07) is 6.45. The van der Waals surface area contributed by atoms with Crippen molar-refractivity contribution < 1.29 is 0 Å². The number of fused-ring (bicyclic) bond motifs is 1. The highest BCUT2D eigenvalue weighted by Gasteiger charge is 2.20. The first-order chi connectivity index (χ1) is 13.3. The van der Waals surface area contributed by atoms with Crippen molar-refractivity contribution in [2.75, 3.05) is 20.1 Å². The van der Waals surface area contributed by atoms with Gasteiger partial charge in [0.15, 0.2) is 0 Å². The van der Waals surface area contributed by atoms with Gasteiger partial charge in [-0.05, 0) is 56.3 Å². The van der Waals surface area contributed by atoms with Crippen LogP contribution < -0.4 is 0 Å². The summed E-state index contributed by atoms with van der Waals surface area (Å²) >= 11 is 0. The van der Waals surface area contributed by atoms with Crippen molar-refractivity contribution >= 4 is 0 Å². The third-order valence-corrected chi connectivity index (χ3v) is 5.65. The smallest absolute Gasteiger partial charge is 0.0768 e. The van der Waals surface area contributed by atoms with Gasteiger partial charge in [-0.3, -0.25) is 19.5 Å². The molecule has 0 spiro atoms. The van der Waals surface area contributed by atoms with Crippen molar-refractivity contribution in [2.45, 2.75) is 51.9 Å². The van der Waals surface area contributed by atoms with Crippen molar-refractivity contribution in [2.24, 2.45) is 5.92 Å². The van der Waals surface area contributed by atoms with E-state index in [0.717, 1.165) is 32.1 Å². The molecular formula is C22H31N5. The average Bonchev–Trinajstić information content (AvgIpc) is 2.94. The van der Waals surface area contributed by atoms with E-state index in [-0.39, 0.29) is 0 Å². The Morgan fingerprint density at radius 3 is 3.00 bits per heavy atom. The Morgan fingerprint density at radius 2 is 2.19 bits per heavy atom. The number of nitrogens with zero attached hydrogens (tertiary/aromatic N) is 5. The monoisotopic (exact) mass is 365 g/mol. The van der Waals surface area contributed by atoms with E-state index in [1.807, 2.05) is 18.5 Å². The maximum atomic E-state index is 4.90. The zero-order valence-corrected chi connectivity index (χ0v) is 16.4. The zero-order chi connectivity index (χ0) is 18.5. The van der Waals surface area contributed by atoms with E-state index < -0.39 is 0 Å². The molecule has 2 aromatic rings. The van der Waals surface area contributed by atoms with E-state index in [1.54, 1.807) is 0 Å². The van der Waals surface area contributed by atoms with Gasteiger partial charge in [-0.1, -0.05) is 18.2 Å². The van der Waals surface area contributed by atoms with Crippen LogP contribution in [0.15, 0.2) is 42.7 Å². The highest BCUT2D eigenvalue weighted by atomic mass is 15.3. The normalized spacial score (nSPS) is 20.6. The van der Waals surface area contributed by atoms with Gasteiger partial charge in [0.05, 0.1) is 11.4 Å². The number of hydrogen-bond donors (Lipinski definition) is 0. The van der Waals surface area contributed by atoms with Gasteiger partial charge in [0.25, 0.3) is 0 Å². The Labute approximate surface area is 162 Å². The molecule has 2 aliphatic rings. The van der Waals surface area contributed by atoms with Crippen LogP contribution in [0.5, 0.6) is 0 Å². The third kappa shape index (κ3) is 5.05. The maximum absolute atomic E-state index is 4.90. The van der Waals surface area contributed by atoms with Gasteiger partial charge in [0.1, 0.15) is 0 Å². The molecule has 0 fully saturated rings. The quantitative estimate of drug-likeness (QED) is 0.735. The molecule has 0 aromatic carbocycles. The molecule has 0 unspecified atom stereocenters. The second kappa shape index (κ2) is 8.81. The third-order valence-electron chi connectivity index (χ3n) is 5.65. The average molecular weight is 366 g/mol. The summed E-state index contributed by atoms with van der Waals surface area (Å²) in [5.41, 5.74) is 3.80. The van der Waals surface area contributed by atoms with Crippen LogP contribution in [0.3, 0.4) is 0 Å². The van der Waals surface area contributed by atoms with Crippen LogP contribution in [0.1, 0.15) is 42.6 Å². The predicted octanol–water partition coefficient (Wildman–Crippen LogP) is 3.47. The second-order valence-corrected chi connectivity index (χ2v) is 8.12. The molecule has 0 amide bonds. The summed E-state index contributed by atoms with van der Waals surface area (Å²) in [6.45, 7) is 6.29. The van der Waals surface area contributed by atoms with E-state index in [2.05, 4.69) is 50.8 Å². The van der Waals surface area contributed by atoms with Gasteiger partial charge in [-0.2, -0.15) is 5.10 Å². The van der Waals surface area contributed by atoms with Crippen LogP contribution in [0.4, 0.5) is 0 Å². The van der Waals surface area contributed by atoms with E-state index in [4.69, 9.17) is 5.10 Å². The number of aromatic nitrogens is 3. The summed E-state index contributed by atoms with van der Waals surface area (Å²) in [4.78, 5) is 9.17. The standard InChI is InChI=1S/C22H31N5/c1-25(15-20-9-5-10-23-14-20)17-21-13-22-18-26(11-6-12-27(22)24-21)16-19-7-3-2-4-8-19/h2-3,5,9-10,13-14,19H,4,6-8,11-12,15-18H2,1H3/t19-/m1/s1. The van der Waals surface area contributed by atoms with Crippen LogP contribution in [0.25, 0.3) is 0 Å². The van der Waals surface area contributed by atoms with Crippen LogP contribution in [-0.2, 0) is 26.2 Å². The molecule has 5 nitrogen and oxygen atoms in total. The van der Waals surface area contributed by atoms with Gasteiger partial charge in [0, 0.05) is 51.7 Å². The van der Waals surface area contributed by atoms with Crippen molar-refractivity contribution in [3.05, 3.63) is 59.7 Å². The second-order valence-electron chi connectivity index (χ2n) is 8.12. The minimum Gasteiger partial charge on any atom is -0.297 e. The lowest BCUT2D eigenvalue weighted by Crippen LogP contribution is -2.29. The fraction of sp³-hybridized carbons (Fsp3) is 0.545. The molecule has 144 valence electrons. The highest BCUT2D eigenvalue weighted by molar-refractivity contribution is 5.13. The minimum atomic E-state index is 0.828. The minimum absolute atomic E-state index is 0.828. The number of rotatable bonds is 6. The van der Waals surface area contributed by atoms with Crippen molar-refractivity contribution in [3.8, 4) is 0 Å². The lowest BCUT2D eigenvalue weighted by Gasteiger charge is -2.26. The highest BCUT2D eigenvalue weighted by Crippen LogP contribution is 2.22. The Balaban J connectivity index is 1.36. The summed E-state index contributed by atoms with van der Waals surface area (Å²) in [7, 11) is 2.15. The molecule has 0 bridgehead atoms. The van der Waals surface area contributed by atoms with Crippen LogP contribution in [0.2, 0.25) is 0 Å². The molecule has 0 saturated heterocycles. The predicted molar refractivity (Wildman–Crippen MR) is 108 cm³/mol. The maximum Gasteiger partial charge on any atom is 0.0768 e. The number of pyridine rings is 1. The van der Waals surface area contributed by atoms with Gasteiger partial charge in [0.2, 0.25) is 0 Å². The summed E-state index contributed by atoms with van der Waals surface area (Å²) in [5.74, 6) is 0.828. The largest absolute Gasteiger partial charge is 0.297 e. The molecule has 1 aliphatic heterocycles. The van der Waals surface area contributed by atoms with Gasteiger partial charge in [-0.25, -0.2) is 0 Å². The molecule has 0 N–H and O–H groups in total. The fourth-order valence-electron chi connectivity index (χ4n) is 4.34. The topological polar surface area (TPSA) is 37.2 Å². The molecular weight excluding hydrogens is 334 g/mol. The van der Waals surface area contributed by atoms with Crippen molar-refractivity contribution in [1.82, 2.24) is 24.6 Å². The van der Waals surface area contributed by atoms with Gasteiger partial charge >= 0.3 is 0 Å². The summed E-state index contributed by atoms with van der Waals surface area (Å²) in [6.07, 6.45) is 13.5. The number of aryl methyl sites for hydroxylation is 1. The summed E-state index contributed by atoms with van der Waals surface area (Å²) in [5, 5.41) is 4.90. The Bertz CT molecular complexity index is 751. The Kier molecular flexibility index (Phi) is 6.00. The lowest BCUT2D eigenvalue weighted by molar-refractivity contribution is 0.218. The molecule has 2 aromatic heterocycles. The van der Waals surface area contributed by atoms with Crippen molar-refractivity contribution in [3.63, 3.8) is 0 Å². The molecule has 3 heterocycles. The van der Waals surface area contributed by atoms with E-state index in [1.165, 1.54) is 55.7 Å². The molecule has 5 heteroatoms. The number of allylic oxidation sites excluding steroid dienone is 2. The van der Waals surface area contributed by atoms with Crippen LogP contribution >= 0.6 is 0 Å². The fourth-order valence-corrected chi connectivity index (χ4v) is 4.34. The lowest BCUT2D eigenvalue weighted by atomic mass is 9.94. The molecule has 27 heavy (non-hydrogen) atoms. The van der Waals surface area contributed by atoms with Crippen LogP contribution in [-0.4, -0.2) is 44.7 Å². The zero-order valence-electron chi connectivity index (χ0n) is 16.4.